The fraction of sp³-hybridized carbons (Fsp3) is 0.417. The number of carbonyl (C=O) groups excluding carboxylic acids is 1. The molecule has 1 aromatic carbocycles. The van der Waals surface area contributed by atoms with Crippen molar-refractivity contribution >= 4 is 17.5 Å². The van der Waals surface area contributed by atoms with Crippen LogP contribution in [0.2, 0.25) is 0 Å². The van der Waals surface area contributed by atoms with E-state index in [0.29, 0.717) is 5.56 Å². The molecule has 1 heterocycles. The molecule has 1 aromatic rings. The molecule has 1 nitrogen and oxygen atoms in total. The van der Waals surface area contributed by atoms with Gasteiger partial charge in [0.05, 0.1) is 5.25 Å². The minimum Gasteiger partial charge on any atom is -0.293 e. The summed E-state index contributed by atoms with van der Waals surface area (Å²) >= 11 is 1.66. The van der Waals surface area contributed by atoms with Crippen LogP contribution in [0.25, 0.3) is 0 Å². The number of hydrogen-bond acceptors (Lipinski definition) is 2. The van der Waals surface area contributed by atoms with Gasteiger partial charge in [-0.05, 0) is 36.6 Å². The Bertz CT molecular complexity index is 414. The molecular formula is C12H13FOS. The van der Waals surface area contributed by atoms with E-state index >= 15 is 0 Å². The first-order chi connectivity index (χ1) is 7.13. The molecule has 15 heavy (non-hydrogen) atoms. The fourth-order valence-corrected chi connectivity index (χ4v) is 3.19. The van der Waals surface area contributed by atoms with Gasteiger partial charge >= 0.3 is 0 Å². The summed E-state index contributed by atoms with van der Waals surface area (Å²) in [6.45, 7) is 3.86. The Morgan fingerprint density at radius 1 is 1.53 bits per heavy atom. The van der Waals surface area contributed by atoms with Crippen LogP contribution in [0.1, 0.15) is 34.8 Å². The van der Waals surface area contributed by atoms with E-state index in [9.17, 15) is 9.18 Å². The summed E-state index contributed by atoms with van der Waals surface area (Å²) in [7, 11) is 0. The maximum Gasteiger partial charge on any atom is 0.176 e. The van der Waals surface area contributed by atoms with Crippen molar-refractivity contribution < 1.29 is 9.18 Å². The monoisotopic (exact) mass is 224 g/mol. The molecule has 0 saturated carbocycles. The normalized spacial score (nSPS) is 20.2. The molecule has 0 radical (unpaired) electrons. The Labute approximate surface area is 93.1 Å². The van der Waals surface area contributed by atoms with E-state index in [-0.39, 0.29) is 16.9 Å². The average Bonchev–Trinajstić information content (AvgIpc) is 2.19. The highest BCUT2D eigenvalue weighted by Crippen LogP contribution is 2.33. The molecule has 1 atom stereocenters. The standard InChI is InChI=1S/C12H13FOS/c1-3-11-12(14)9-5-8(13)4-7(2)10(9)6-15-11/h4-5,11H,3,6H2,1-2H3. The van der Waals surface area contributed by atoms with Crippen LogP contribution in [-0.4, -0.2) is 11.0 Å². The van der Waals surface area contributed by atoms with Crippen LogP contribution in [0.5, 0.6) is 0 Å². The van der Waals surface area contributed by atoms with Crippen LogP contribution in [0.15, 0.2) is 12.1 Å². The van der Waals surface area contributed by atoms with E-state index in [1.807, 2.05) is 13.8 Å². The van der Waals surface area contributed by atoms with E-state index in [2.05, 4.69) is 0 Å². The summed E-state index contributed by atoms with van der Waals surface area (Å²) in [6, 6.07) is 2.88. The van der Waals surface area contributed by atoms with E-state index in [1.165, 1.54) is 12.1 Å². The zero-order chi connectivity index (χ0) is 11.0. The average molecular weight is 224 g/mol. The second kappa shape index (κ2) is 3.97. The molecule has 0 aliphatic carbocycles. The third-order valence-electron chi connectivity index (χ3n) is 2.80. The predicted octanol–water partition coefficient (Wildman–Crippen LogP) is 3.34. The Balaban J connectivity index is 2.51. The molecule has 3 heteroatoms. The molecule has 0 amide bonds. The minimum absolute atomic E-state index is 0.0127. The van der Waals surface area contributed by atoms with Crippen LogP contribution in [0.4, 0.5) is 4.39 Å². The van der Waals surface area contributed by atoms with Crippen LogP contribution < -0.4 is 0 Å². The lowest BCUT2D eigenvalue weighted by atomic mass is 9.97. The topological polar surface area (TPSA) is 17.1 Å². The number of benzene rings is 1. The number of ketones is 1. The summed E-state index contributed by atoms with van der Waals surface area (Å²) in [5.74, 6) is 0.610. The highest BCUT2D eigenvalue weighted by molar-refractivity contribution is 8.00. The Hall–Kier alpha value is -0.830. The lowest BCUT2D eigenvalue weighted by Crippen LogP contribution is -2.23. The Morgan fingerprint density at radius 2 is 2.27 bits per heavy atom. The smallest absolute Gasteiger partial charge is 0.176 e. The first-order valence-corrected chi connectivity index (χ1v) is 6.13. The number of rotatable bonds is 1. The van der Waals surface area contributed by atoms with Crippen LogP contribution >= 0.6 is 11.8 Å². The SMILES string of the molecule is CCC1SCc2c(C)cc(F)cc2C1=O. The molecule has 80 valence electrons. The van der Waals surface area contributed by atoms with E-state index < -0.39 is 0 Å². The number of carbonyl (C=O) groups is 1. The van der Waals surface area contributed by atoms with E-state index in [4.69, 9.17) is 0 Å². The summed E-state index contributed by atoms with van der Waals surface area (Å²) in [5, 5.41) is 0.0127. The summed E-state index contributed by atoms with van der Waals surface area (Å²) in [5.41, 5.74) is 2.50. The molecule has 2 rings (SSSR count). The molecule has 0 spiro atoms. The molecule has 0 saturated heterocycles. The second-order valence-electron chi connectivity index (χ2n) is 3.82. The Morgan fingerprint density at radius 3 is 2.93 bits per heavy atom. The zero-order valence-corrected chi connectivity index (χ0v) is 9.66. The second-order valence-corrected chi connectivity index (χ2v) is 5.01. The number of fused-ring (bicyclic) bond motifs is 1. The summed E-state index contributed by atoms with van der Waals surface area (Å²) in [4.78, 5) is 12.0. The van der Waals surface area contributed by atoms with Gasteiger partial charge in [0.2, 0.25) is 0 Å². The quantitative estimate of drug-likeness (QED) is 0.727. The van der Waals surface area contributed by atoms with Crippen molar-refractivity contribution in [2.45, 2.75) is 31.3 Å². The lowest BCUT2D eigenvalue weighted by molar-refractivity contribution is 0.0985. The van der Waals surface area contributed by atoms with Gasteiger partial charge in [0.25, 0.3) is 0 Å². The molecule has 0 N–H and O–H groups in total. The third-order valence-corrected chi connectivity index (χ3v) is 4.20. The molecule has 0 bridgehead atoms. The molecule has 1 unspecified atom stereocenters. The number of hydrogen-bond donors (Lipinski definition) is 0. The van der Waals surface area contributed by atoms with Crippen molar-refractivity contribution in [3.63, 3.8) is 0 Å². The van der Waals surface area contributed by atoms with E-state index in [1.54, 1.807) is 11.8 Å². The van der Waals surface area contributed by atoms with Gasteiger partial charge in [-0.2, -0.15) is 0 Å². The van der Waals surface area contributed by atoms with Gasteiger partial charge in [0.15, 0.2) is 5.78 Å². The third kappa shape index (κ3) is 1.81. The Kier molecular flexibility index (Phi) is 2.83. The molecular weight excluding hydrogens is 211 g/mol. The molecule has 0 fully saturated rings. The van der Waals surface area contributed by atoms with Crippen molar-refractivity contribution in [2.24, 2.45) is 0 Å². The molecule has 0 aromatic heterocycles. The molecule has 1 aliphatic heterocycles. The van der Waals surface area contributed by atoms with Gasteiger partial charge in [-0.15, -0.1) is 11.8 Å². The number of Topliss-reactive ketones (excluding diaryl/α,β-unsaturated/α-hetero) is 1. The van der Waals surface area contributed by atoms with Crippen molar-refractivity contribution in [1.82, 2.24) is 0 Å². The van der Waals surface area contributed by atoms with Gasteiger partial charge in [0.1, 0.15) is 5.82 Å². The summed E-state index contributed by atoms with van der Waals surface area (Å²) < 4.78 is 13.2. The van der Waals surface area contributed by atoms with Crippen LogP contribution in [0, 0.1) is 12.7 Å². The number of halogens is 1. The lowest BCUT2D eigenvalue weighted by Gasteiger charge is -2.23. The van der Waals surface area contributed by atoms with Crippen molar-refractivity contribution in [2.75, 3.05) is 0 Å². The minimum atomic E-state index is -0.304. The maximum absolute atomic E-state index is 13.2. The highest BCUT2D eigenvalue weighted by atomic mass is 32.2. The number of aryl methyl sites for hydroxylation is 1. The zero-order valence-electron chi connectivity index (χ0n) is 8.84. The van der Waals surface area contributed by atoms with Gasteiger partial charge in [0, 0.05) is 11.3 Å². The fourth-order valence-electron chi connectivity index (χ4n) is 1.92. The van der Waals surface area contributed by atoms with Crippen molar-refractivity contribution in [3.8, 4) is 0 Å². The highest BCUT2D eigenvalue weighted by Gasteiger charge is 2.27. The van der Waals surface area contributed by atoms with Gasteiger partial charge in [-0.25, -0.2) is 4.39 Å². The van der Waals surface area contributed by atoms with Gasteiger partial charge < -0.3 is 0 Å². The largest absolute Gasteiger partial charge is 0.293 e. The molecule has 1 aliphatic rings. The predicted molar refractivity (Wildman–Crippen MR) is 60.8 cm³/mol. The van der Waals surface area contributed by atoms with E-state index in [0.717, 1.165) is 23.3 Å². The number of thioether (sulfide) groups is 1. The maximum atomic E-state index is 13.2. The first kappa shape index (κ1) is 10.7. The van der Waals surface area contributed by atoms with Gasteiger partial charge in [-0.1, -0.05) is 6.92 Å². The van der Waals surface area contributed by atoms with Crippen LogP contribution in [0.3, 0.4) is 0 Å². The van der Waals surface area contributed by atoms with Crippen LogP contribution in [-0.2, 0) is 5.75 Å². The summed E-state index contributed by atoms with van der Waals surface area (Å²) in [6.07, 6.45) is 0.818. The van der Waals surface area contributed by atoms with Gasteiger partial charge in [-0.3, -0.25) is 4.79 Å². The first-order valence-electron chi connectivity index (χ1n) is 5.08. The van der Waals surface area contributed by atoms with Crippen molar-refractivity contribution in [3.05, 3.63) is 34.6 Å². The van der Waals surface area contributed by atoms with Crippen molar-refractivity contribution in [1.29, 1.82) is 0 Å².